The van der Waals surface area contributed by atoms with Crippen LogP contribution in [-0.4, -0.2) is 22.8 Å². The van der Waals surface area contributed by atoms with Crippen molar-refractivity contribution in [2.75, 3.05) is 6.61 Å². The van der Waals surface area contributed by atoms with Crippen LogP contribution in [0.1, 0.15) is 33.5 Å². The molecule has 0 saturated carbocycles. The molecule has 168 valence electrons. The van der Waals surface area contributed by atoms with E-state index in [0.717, 1.165) is 41.8 Å². The molecule has 0 aliphatic heterocycles. The first kappa shape index (κ1) is 23.6. The Hall–Kier alpha value is -3.04. The molecule has 0 bridgehead atoms. The molecular weight excluding hydrogens is 463 g/mol. The van der Waals surface area contributed by atoms with Gasteiger partial charge in [-0.05, 0) is 36.8 Å². The Kier molecular flexibility index (Phi) is 6.52. The molecule has 32 heavy (non-hydrogen) atoms. The van der Waals surface area contributed by atoms with Gasteiger partial charge in [0.15, 0.2) is 0 Å². The standard InChI is InChI=1S/C20H12F7N3OS/c1-10-17(32-18(30-10)13-4-5-15(29-8-13)20(25,26)27)16(31-9-19(22,23)24)11-2-3-12(7-28)14(21)6-11/h2-6,8,16H,9H2,1H3. The smallest absolute Gasteiger partial charge is 0.358 e. The molecule has 0 saturated heterocycles. The molecule has 3 aromatic rings. The molecule has 2 heterocycles. The maximum Gasteiger partial charge on any atom is 0.433 e. The fourth-order valence-corrected chi connectivity index (χ4v) is 3.88. The van der Waals surface area contributed by atoms with Crippen LogP contribution < -0.4 is 0 Å². The maximum atomic E-state index is 14.1. The number of benzene rings is 1. The number of alkyl halides is 6. The lowest BCUT2D eigenvalue weighted by molar-refractivity contribution is -0.182. The highest BCUT2D eigenvalue weighted by molar-refractivity contribution is 7.15. The van der Waals surface area contributed by atoms with Crippen molar-refractivity contribution in [3.63, 3.8) is 0 Å². The zero-order valence-electron chi connectivity index (χ0n) is 16.1. The Balaban J connectivity index is 2.01. The van der Waals surface area contributed by atoms with E-state index in [-0.39, 0.29) is 32.3 Å². The molecule has 0 N–H and O–H groups in total. The predicted molar refractivity (Wildman–Crippen MR) is 100 cm³/mol. The van der Waals surface area contributed by atoms with Crippen molar-refractivity contribution in [1.29, 1.82) is 5.26 Å². The molecule has 1 unspecified atom stereocenters. The number of halogens is 7. The summed E-state index contributed by atoms with van der Waals surface area (Å²) in [6.45, 7) is -0.148. The van der Waals surface area contributed by atoms with Gasteiger partial charge in [-0.2, -0.15) is 31.6 Å². The topological polar surface area (TPSA) is 58.8 Å². The first-order valence-corrected chi connectivity index (χ1v) is 9.59. The zero-order valence-corrected chi connectivity index (χ0v) is 16.9. The number of aryl methyl sites for hydroxylation is 1. The van der Waals surface area contributed by atoms with Gasteiger partial charge in [0, 0.05) is 11.8 Å². The number of hydrogen-bond donors (Lipinski definition) is 0. The Morgan fingerprint density at radius 3 is 2.38 bits per heavy atom. The quantitative estimate of drug-likeness (QED) is 0.412. The Labute approximate surface area is 180 Å². The van der Waals surface area contributed by atoms with Crippen LogP contribution >= 0.6 is 11.3 Å². The highest BCUT2D eigenvalue weighted by atomic mass is 32.1. The number of thiazole rings is 1. The SMILES string of the molecule is Cc1nc(-c2ccc(C(F)(F)F)nc2)sc1C(OCC(F)(F)F)c1ccc(C#N)c(F)c1. The summed E-state index contributed by atoms with van der Waals surface area (Å²) in [5, 5.41) is 9.07. The molecule has 12 heteroatoms. The summed E-state index contributed by atoms with van der Waals surface area (Å²) in [4.78, 5) is 7.76. The Bertz CT molecular complexity index is 1150. The van der Waals surface area contributed by atoms with Crippen molar-refractivity contribution in [1.82, 2.24) is 9.97 Å². The van der Waals surface area contributed by atoms with Gasteiger partial charge in [-0.25, -0.2) is 9.37 Å². The monoisotopic (exact) mass is 475 g/mol. The van der Waals surface area contributed by atoms with Gasteiger partial charge in [-0.3, -0.25) is 4.98 Å². The van der Waals surface area contributed by atoms with E-state index in [4.69, 9.17) is 10.00 Å². The Morgan fingerprint density at radius 2 is 1.84 bits per heavy atom. The summed E-state index contributed by atoms with van der Waals surface area (Å²) < 4.78 is 95.7. The van der Waals surface area contributed by atoms with Crippen LogP contribution in [0.3, 0.4) is 0 Å². The van der Waals surface area contributed by atoms with Crippen molar-refractivity contribution in [3.8, 4) is 16.6 Å². The third-order valence-corrected chi connectivity index (χ3v) is 5.45. The van der Waals surface area contributed by atoms with E-state index in [1.54, 1.807) is 6.07 Å². The fraction of sp³-hybridized carbons (Fsp3) is 0.250. The summed E-state index contributed by atoms with van der Waals surface area (Å²) in [5.41, 5.74) is -0.899. The van der Waals surface area contributed by atoms with Crippen molar-refractivity contribution in [2.24, 2.45) is 0 Å². The lowest BCUT2D eigenvalue weighted by atomic mass is 10.0. The lowest BCUT2D eigenvalue weighted by Gasteiger charge is -2.19. The molecule has 4 nitrogen and oxygen atoms in total. The number of hydrogen-bond acceptors (Lipinski definition) is 5. The second kappa shape index (κ2) is 8.84. The van der Waals surface area contributed by atoms with Gasteiger partial charge < -0.3 is 4.74 Å². The van der Waals surface area contributed by atoms with Crippen molar-refractivity contribution in [3.05, 3.63) is 69.7 Å². The summed E-state index contributed by atoms with van der Waals surface area (Å²) in [6.07, 6.45) is -9.70. The van der Waals surface area contributed by atoms with Crippen LogP contribution in [0, 0.1) is 24.1 Å². The summed E-state index contributed by atoms with van der Waals surface area (Å²) >= 11 is 0.883. The van der Waals surface area contributed by atoms with Crippen LogP contribution in [0.5, 0.6) is 0 Å². The second-order valence-corrected chi connectivity index (χ2v) is 7.59. The minimum absolute atomic E-state index is 0.0228. The normalized spacial score (nSPS) is 13.1. The lowest BCUT2D eigenvalue weighted by Crippen LogP contribution is -2.20. The van der Waals surface area contributed by atoms with Gasteiger partial charge in [0.1, 0.15) is 35.3 Å². The summed E-state index contributed by atoms with van der Waals surface area (Å²) in [7, 11) is 0. The summed E-state index contributed by atoms with van der Waals surface area (Å²) in [6, 6.07) is 6.81. The minimum atomic E-state index is -4.66. The number of nitrogens with zero attached hydrogens (tertiary/aromatic N) is 3. The first-order valence-electron chi connectivity index (χ1n) is 8.78. The van der Waals surface area contributed by atoms with Crippen LogP contribution in [0.4, 0.5) is 30.7 Å². The van der Waals surface area contributed by atoms with Gasteiger partial charge in [-0.1, -0.05) is 6.07 Å². The third-order valence-electron chi connectivity index (χ3n) is 4.20. The van der Waals surface area contributed by atoms with Crippen LogP contribution in [0.2, 0.25) is 0 Å². The van der Waals surface area contributed by atoms with Crippen LogP contribution in [0.15, 0.2) is 36.5 Å². The number of aromatic nitrogens is 2. The highest BCUT2D eigenvalue weighted by Gasteiger charge is 2.33. The molecule has 0 radical (unpaired) electrons. The van der Waals surface area contributed by atoms with Gasteiger partial charge in [-0.15, -0.1) is 11.3 Å². The molecule has 2 aromatic heterocycles. The van der Waals surface area contributed by atoms with E-state index in [2.05, 4.69) is 9.97 Å². The molecule has 0 spiro atoms. The summed E-state index contributed by atoms with van der Waals surface area (Å²) in [5.74, 6) is -0.931. The number of pyridine rings is 1. The van der Waals surface area contributed by atoms with Crippen molar-refractivity contribution >= 4 is 11.3 Å². The van der Waals surface area contributed by atoms with Gasteiger partial charge >= 0.3 is 12.4 Å². The molecule has 0 fully saturated rings. The fourth-order valence-electron chi connectivity index (χ4n) is 2.75. The molecule has 0 aliphatic carbocycles. The molecule has 0 amide bonds. The highest BCUT2D eigenvalue weighted by Crippen LogP contribution is 2.38. The molecule has 1 aromatic carbocycles. The third kappa shape index (κ3) is 5.41. The van der Waals surface area contributed by atoms with E-state index >= 15 is 0 Å². The van der Waals surface area contributed by atoms with E-state index in [1.807, 2.05) is 0 Å². The van der Waals surface area contributed by atoms with Crippen LogP contribution in [-0.2, 0) is 10.9 Å². The largest absolute Gasteiger partial charge is 0.433 e. The molecular formula is C20H12F7N3OS. The number of nitriles is 1. The average Bonchev–Trinajstić information content (AvgIpc) is 3.08. The molecule has 1 atom stereocenters. The van der Waals surface area contributed by atoms with Gasteiger partial charge in [0.25, 0.3) is 0 Å². The maximum absolute atomic E-state index is 14.1. The van der Waals surface area contributed by atoms with Crippen molar-refractivity contribution in [2.45, 2.75) is 25.4 Å². The van der Waals surface area contributed by atoms with E-state index in [1.165, 1.54) is 13.0 Å². The zero-order chi connectivity index (χ0) is 23.7. The average molecular weight is 475 g/mol. The van der Waals surface area contributed by atoms with E-state index < -0.39 is 36.6 Å². The second-order valence-electron chi connectivity index (χ2n) is 6.56. The number of ether oxygens (including phenoxy) is 1. The minimum Gasteiger partial charge on any atom is -0.358 e. The predicted octanol–water partition coefficient (Wildman–Crippen LogP) is 6.21. The molecule has 3 rings (SSSR count). The first-order chi connectivity index (χ1) is 14.9. The van der Waals surface area contributed by atoms with Gasteiger partial charge in [0.2, 0.25) is 0 Å². The Morgan fingerprint density at radius 1 is 1.12 bits per heavy atom. The van der Waals surface area contributed by atoms with Crippen molar-refractivity contribution < 1.29 is 35.5 Å². The van der Waals surface area contributed by atoms with E-state index in [0.29, 0.717) is 0 Å². The van der Waals surface area contributed by atoms with E-state index in [9.17, 15) is 30.7 Å². The molecule has 0 aliphatic rings. The van der Waals surface area contributed by atoms with Crippen LogP contribution in [0.25, 0.3) is 10.6 Å². The van der Waals surface area contributed by atoms with Gasteiger partial charge in [0.05, 0.1) is 16.1 Å². The number of rotatable bonds is 5.